The monoisotopic (exact) mass is 418 g/mol. The number of likely N-dealkylation sites (tertiary alicyclic amines) is 1. The fraction of sp³-hybridized carbons (Fsp3) is 0.700. The zero-order chi connectivity index (χ0) is 20.2. The van der Waals surface area contributed by atoms with Gasteiger partial charge in [-0.3, -0.25) is 9.59 Å². The lowest BCUT2D eigenvalue weighted by molar-refractivity contribution is -0.125. The van der Waals surface area contributed by atoms with Crippen molar-refractivity contribution in [2.45, 2.75) is 45.4 Å². The molecule has 4 rings (SSSR count). The van der Waals surface area contributed by atoms with Crippen LogP contribution in [0.5, 0.6) is 0 Å². The summed E-state index contributed by atoms with van der Waals surface area (Å²) in [5.74, 6) is 0.242. The Balaban J connectivity index is 1.31. The normalized spacial score (nSPS) is 18.6. The maximum Gasteiger partial charge on any atom is 0.275 e. The molecule has 0 unspecified atom stereocenters. The van der Waals surface area contributed by atoms with Gasteiger partial charge in [0, 0.05) is 43.9 Å². The number of piperidine rings is 1. The van der Waals surface area contributed by atoms with E-state index in [9.17, 15) is 9.59 Å². The maximum atomic E-state index is 12.5. The van der Waals surface area contributed by atoms with Crippen molar-refractivity contribution in [1.82, 2.24) is 24.8 Å². The average Bonchev–Trinajstić information content (AvgIpc) is 3.38. The first-order valence-electron chi connectivity index (χ1n) is 10.8. The molecule has 1 N–H and O–H groups in total. The first kappa shape index (κ1) is 20.3. The Morgan fingerprint density at radius 2 is 2.00 bits per heavy atom. The summed E-state index contributed by atoms with van der Waals surface area (Å²) >= 11 is 1.46. The Labute approximate surface area is 174 Å². The minimum absolute atomic E-state index is 0.0659. The highest BCUT2D eigenvalue weighted by molar-refractivity contribution is 7.20. The predicted molar refractivity (Wildman–Crippen MR) is 115 cm³/mol. The number of aromatic nitrogens is 3. The van der Waals surface area contributed by atoms with Crippen LogP contribution in [0, 0.1) is 5.92 Å². The first-order valence-corrected chi connectivity index (χ1v) is 11.6. The Morgan fingerprint density at radius 1 is 1.24 bits per heavy atom. The molecular weight excluding hydrogens is 388 g/mol. The molecule has 0 bridgehead atoms. The third-order valence-corrected chi connectivity index (χ3v) is 6.82. The van der Waals surface area contributed by atoms with Gasteiger partial charge in [0.1, 0.15) is 0 Å². The number of nitrogens with one attached hydrogen (secondary N) is 1. The largest absolute Gasteiger partial charge is 0.355 e. The Bertz CT molecular complexity index is 896. The topological polar surface area (TPSA) is 82.8 Å². The minimum Gasteiger partial charge on any atom is -0.355 e. The van der Waals surface area contributed by atoms with Crippen molar-refractivity contribution >= 4 is 27.3 Å². The second-order valence-electron chi connectivity index (χ2n) is 8.02. The van der Waals surface area contributed by atoms with E-state index in [2.05, 4.69) is 32.1 Å². The van der Waals surface area contributed by atoms with Crippen molar-refractivity contribution in [2.24, 2.45) is 5.92 Å². The molecule has 0 spiro atoms. The lowest BCUT2D eigenvalue weighted by Gasteiger charge is -2.30. The van der Waals surface area contributed by atoms with Gasteiger partial charge in [-0.2, -0.15) is 4.52 Å². The van der Waals surface area contributed by atoms with Gasteiger partial charge in [0.2, 0.25) is 16.0 Å². The van der Waals surface area contributed by atoms with Crippen molar-refractivity contribution in [3.05, 3.63) is 22.1 Å². The highest BCUT2D eigenvalue weighted by atomic mass is 32.1. The molecule has 2 fully saturated rings. The van der Waals surface area contributed by atoms with Crippen molar-refractivity contribution in [1.29, 1.82) is 0 Å². The number of fused-ring (bicyclic) bond motifs is 1. The SMILES string of the molecule is CCCc1cc(=O)n2nc(N3CCC(C(=O)NCCN4CCCC4)CC3)sc2n1. The fourth-order valence-corrected chi connectivity index (χ4v) is 5.16. The molecule has 9 heteroatoms. The lowest BCUT2D eigenvalue weighted by atomic mass is 9.96. The molecule has 8 nitrogen and oxygen atoms in total. The van der Waals surface area contributed by atoms with E-state index in [4.69, 9.17) is 0 Å². The van der Waals surface area contributed by atoms with Crippen molar-refractivity contribution in [3.8, 4) is 0 Å². The smallest absolute Gasteiger partial charge is 0.275 e. The van der Waals surface area contributed by atoms with Crippen LogP contribution in [0.4, 0.5) is 5.13 Å². The molecular formula is C20H30N6O2S. The summed E-state index contributed by atoms with van der Waals surface area (Å²) in [4.78, 5) is 34.6. The molecule has 2 saturated heterocycles. The summed E-state index contributed by atoms with van der Waals surface area (Å²) in [6, 6.07) is 1.58. The molecule has 1 amide bonds. The van der Waals surface area contributed by atoms with Gasteiger partial charge in [-0.05, 0) is 45.2 Å². The van der Waals surface area contributed by atoms with Crippen LogP contribution in [-0.4, -0.2) is 64.7 Å². The molecule has 0 saturated carbocycles. The van der Waals surface area contributed by atoms with Gasteiger partial charge in [-0.1, -0.05) is 24.7 Å². The van der Waals surface area contributed by atoms with Gasteiger partial charge in [0.15, 0.2) is 0 Å². The van der Waals surface area contributed by atoms with E-state index in [1.54, 1.807) is 6.07 Å². The van der Waals surface area contributed by atoms with E-state index in [0.29, 0.717) is 4.96 Å². The number of aryl methyl sites for hydroxylation is 1. The van der Waals surface area contributed by atoms with E-state index >= 15 is 0 Å². The number of carbonyl (C=O) groups is 1. The third kappa shape index (κ3) is 4.78. The number of hydrogen-bond acceptors (Lipinski definition) is 7. The minimum atomic E-state index is -0.117. The summed E-state index contributed by atoms with van der Waals surface area (Å²) in [6.45, 7) is 7.65. The van der Waals surface area contributed by atoms with E-state index in [1.165, 1.54) is 28.7 Å². The van der Waals surface area contributed by atoms with Gasteiger partial charge < -0.3 is 15.1 Å². The molecule has 158 valence electrons. The van der Waals surface area contributed by atoms with Crippen LogP contribution in [0.3, 0.4) is 0 Å². The molecule has 0 atom stereocenters. The van der Waals surface area contributed by atoms with Gasteiger partial charge >= 0.3 is 0 Å². The molecule has 0 radical (unpaired) electrons. The number of hydrogen-bond donors (Lipinski definition) is 1. The summed E-state index contributed by atoms with van der Waals surface area (Å²) in [5, 5.41) is 8.41. The van der Waals surface area contributed by atoms with Crippen LogP contribution < -0.4 is 15.8 Å². The molecule has 0 aliphatic carbocycles. The summed E-state index contributed by atoms with van der Waals surface area (Å²) in [6.07, 6.45) is 5.95. The first-order chi connectivity index (χ1) is 14.1. The molecule has 4 heterocycles. The predicted octanol–water partition coefficient (Wildman–Crippen LogP) is 1.53. The number of nitrogens with zero attached hydrogens (tertiary/aromatic N) is 5. The zero-order valence-electron chi connectivity index (χ0n) is 17.1. The van der Waals surface area contributed by atoms with E-state index in [1.807, 2.05) is 0 Å². The van der Waals surface area contributed by atoms with Gasteiger partial charge in [-0.15, -0.1) is 5.10 Å². The molecule has 2 aliphatic heterocycles. The van der Waals surface area contributed by atoms with Crippen molar-refractivity contribution in [2.75, 3.05) is 44.2 Å². The van der Waals surface area contributed by atoms with Crippen molar-refractivity contribution in [3.63, 3.8) is 0 Å². The molecule has 2 aromatic heterocycles. The molecule has 2 aliphatic rings. The van der Waals surface area contributed by atoms with Gasteiger partial charge in [0.05, 0.1) is 0 Å². The van der Waals surface area contributed by atoms with E-state index in [-0.39, 0.29) is 17.4 Å². The van der Waals surface area contributed by atoms with Crippen LogP contribution in [0.15, 0.2) is 10.9 Å². The highest BCUT2D eigenvalue weighted by Crippen LogP contribution is 2.27. The van der Waals surface area contributed by atoms with Gasteiger partial charge in [-0.25, -0.2) is 4.98 Å². The van der Waals surface area contributed by atoms with E-state index < -0.39 is 0 Å². The lowest BCUT2D eigenvalue weighted by Crippen LogP contribution is -2.42. The third-order valence-electron chi connectivity index (χ3n) is 5.86. The standard InChI is InChI=1S/C20H30N6O2S/c1-2-5-16-14-17(27)26-19(22-16)29-20(23-26)25-11-6-15(7-12-25)18(28)21-8-13-24-9-3-4-10-24/h14-15H,2-13H2,1H3,(H,21,28). The van der Waals surface area contributed by atoms with Crippen molar-refractivity contribution < 1.29 is 4.79 Å². The quantitative estimate of drug-likeness (QED) is 0.734. The summed E-state index contributed by atoms with van der Waals surface area (Å²) in [5.41, 5.74) is 0.713. The highest BCUT2D eigenvalue weighted by Gasteiger charge is 2.27. The second-order valence-corrected chi connectivity index (χ2v) is 8.95. The van der Waals surface area contributed by atoms with Crippen LogP contribution in [0.2, 0.25) is 0 Å². The van der Waals surface area contributed by atoms with Crippen LogP contribution in [0.25, 0.3) is 4.96 Å². The number of amides is 1. The zero-order valence-corrected chi connectivity index (χ0v) is 17.9. The Morgan fingerprint density at radius 3 is 2.72 bits per heavy atom. The Kier molecular flexibility index (Phi) is 6.44. The average molecular weight is 419 g/mol. The molecule has 2 aromatic rings. The van der Waals surface area contributed by atoms with Gasteiger partial charge in [0.25, 0.3) is 5.56 Å². The van der Waals surface area contributed by atoms with Crippen LogP contribution in [-0.2, 0) is 11.2 Å². The molecule has 0 aromatic carbocycles. The summed E-state index contributed by atoms with van der Waals surface area (Å²) in [7, 11) is 0. The fourth-order valence-electron chi connectivity index (χ4n) is 4.18. The van der Waals surface area contributed by atoms with E-state index in [0.717, 1.165) is 75.8 Å². The second kappa shape index (κ2) is 9.21. The van der Waals surface area contributed by atoms with Crippen LogP contribution >= 0.6 is 11.3 Å². The molecule has 29 heavy (non-hydrogen) atoms. The Hall–Kier alpha value is -2.00. The number of anilines is 1. The summed E-state index contributed by atoms with van der Waals surface area (Å²) < 4.78 is 1.40. The number of rotatable bonds is 7. The van der Waals surface area contributed by atoms with Crippen LogP contribution in [0.1, 0.15) is 44.7 Å². The number of carbonyl (C=O) groups excluding carboxylic acids is 1. The maximum absolute atomic E-state index is 12.5.